The van der Waals surface area contributed by atoms with E-state index in [9.17, 15) is 9.18 Å². The summed E-state index contributed by atoms with van der Waals surface area (Å²) in [5, 5.41) is 0. The Morgan fingerprint density at radius 2 is 2.00 bits per heavy atom. The van der Waals surface area contributed by atoms with Crippen LogP contribution in [0.5, 0.6) is 0 Å². The number of hydrogen-bond acceptors (Lipinski definition) is 2. The average molecular weight is 312 g/mol. The molecule has 0 aliphatic rings. The lowest BCUT2D eigenvalue weighted by Gasteiger charge is -2.13. The van der Waals surface area contributed by atoms with Crippen LogP contribution in [-0.2, 0) is 9.53 Å². The van der Waals surface area contributed by atoms with Gasteiger partial charge in [-0.15, -0.1) is 6.58 Å². The van der Waals surface area contributed by atoms with Crippen molar-refractivity contribution in [1.29, 1.82) is 0 Å². The van der Waals surface area contributed by atoms with Crippen LogP contribution in [0.3, 0.4) is 0 Å². The second kappa shape index (κ2) is 8.28. The normalized spacial score (nSPS) is 11.7. The number of benzene rings is 2. The van der Waals surface area contributed by atoms with Crippen LogP contribution in [0.15, 0.2) is 61.2 Å². The van der Waals surface area contributed by atoms with Crippen LogP contribution in [0, 0.1) is 5.82 Å². The van der Waals surface area contributed by atoms with Crippen molar-refractivity contribution in [1.82, 2.24) is 0 Å². The first-order valence-corrected chi connectivity index (χ1v) is 7.76. The van der Waals surface area contributed by atoms with Gasteiger partial charge >= 0.3 is 5.97 Å². The second-order valence-corrected chi connectivity index (χ2v) is 5.43. The second-order valence-electron chi connectivity index (χ2n) is 5.43. The van der Waals surface area contributed by atoms with Gasteiger partial charge in [0.05, 0.1) is 12.5 Å². The molecule has 0 radical (unpaired) electrons. The monoisotopic (exact) mass is 312 g/mol. The maximum absolute atomic E-state index is 14.3. The van der Waals surface area contributed by atoms with Crippen molar-refractivity contribution in [2.45, 2.75) is 25.7 Å². The van der Waals surface area contributed by atoms with Crippen LogP contribution < -0.4 is 0 Å². The van der Waals surface area contributed by atoms with Gasteiger partial charge in [-0.25, -0.2) is 4.39 Å². The van der Waals surface area contributed by atoms with Gasteiger partial charge in [-0.2, -0.15) is 0 Å². The molecular weight excluding hydrogens is 291 g/mol. The molecule has 23 heavy (non-hydrogen) atoms. The molecule has 2 rings (SSSR count). The molecule has 1 atom stereocenters. The predicted octanol–water partition coefficient (Wildman–Crippen LogP) is 5.11. The van der Waals surface area contributed by atoms with E-state index in [4.69, 9.17) is 4.74 Å². The minimum absolute atomic E-state index is 0.332. The highest BCUT2D eigenvalue weighted by atomic mass is 19.1. The summed E-state index contributed by atoms with van der Waals surface area (Å²) in [6.45, 7) is 5.71. The summed E-state index contributed by atoms with van der Waals surface area (Å²) >= 11 is 0. The van der Waals surface area contributed by atoms with E-state index >= 15 is 0 Å². The molecular formula is C20H21FO2. The zero-order valence-corrected chi connectivity index (χ0v) is 13.3. The first kappa shape index (κ1) is 16.9. The van der Waals surface area contributed by atoms with Crippen molar-refractivity contribution >= 4 is 5.97 Å². The minimum atomic E-state index is -0.488. The Balaban J connectivity index is 2.07. The zero-order chi connectivity index (χ0) is 16.7. The molecule has 2 aromatic carbocycles. The molecule has 2 aromatic rings. The number of carbonyl (C=O) groups excluding carboxylic acids is 1. The predicted molar refractivity (Wildman–Crippen MR) is 90.6 cm³/mol. The van der Waals surface area contributed by atoms with E-state index in [1.807, 2.05) is 30.3 Å². The van der Waals surface area contributed by atoms with E-state index in [1.54, 1.807) is 25.1 Å². The van der Waals surface area contributed by atoms with Crippen molar-refractivity contribution in [2.75, 3.05) is 6.61 Å². The molecule has 0 aliphatic heterocycles. The first-order valence-electron chi connectivity index (χ1n) is 7.76. The summed E-state index contributed by atoms with van der Waals surface area (Å²) in [7, 11) is 0. The Bertz CT molecular complexity index is 665. The Labute approximate surface area is 136 Å². The van der Waals surface area contributed by atoms with Gasteiger partial charge < -0.3 is 4.74 Å². The lowest BCUT2D eigenvalue weighted by atomic mass is 9.97. The van der Waals surface area contributed by atoms with Crippen molar-refractivity contribution in [3.05, 3.63) is 72.6 Å². The van der Waals surface area contributed by atoms with Crippen LogP contribution in [0.25, 0.3) is 11.1 Å². The third-order valence-electron chi connectivity index (χ3n) is 3.73. The van der Waals surface area contributed by atoms with Gasteiger partial charge in [-0.05, 0) is 37.0 Å². The standard InChI is InChI=1S/C20H21FO2/c1-3-4-8-13-23-20(22)15(2)17-11-12-18(19(21)14-17)16-9-6-5-7-10-16/h3,5-7,9-12,14-15H,1,4,8,13H2,2H3. The van der Waals surface area contributed by atoms with Crippen LogP contribution in [0.2, 0.25) is 0 Å². The van der Waals surface area contributed by atoms with E-state index in [-0.39, 0.29) is 11.8 Å². The third-order valence-corrected chi connectivity index (χ3v) is 3.73. The molecule has 0 N–H and O–H groups in total. The Hall–Kier alpha value is -2.42. The van der Waals surface area contributed by atoms with Gasteiger partial charge in [0.15, 0.2) is 0 Å². The molecule has 0 saturated heterocycles. The van der Waals surface area contributed by atoms with Crippen molar-refractivity contribution in [2.24, 2.45) is 0 Å². The number of esters is 1. The fourth-order valence-corrected chi connectivity index (χ4v) is 2.31. The Kier molecular flexibility index (Phi) is 6.10. The van der Waals surface area contributed by atoms with E-state index in [1.165, 1.54) is 6.07 Å². The van der Waals surface area contributed by atoms with Crippen LogP contribution in [0.1, 0.15) is 31.2 Å². The van der Waals surface area contributed by atoms with Crippen LogP contribution in [0.4, 0.5) is 4.39 Å². The SMILES string of the molecule is C=CCCCOC(=O)C(C)c1ccc(-c2ccccc2)c(F)c1. The lowest BCUT2D eigenvalue weighted by molar-refractivity contribution is -0.145. The van der Waals surface area contributed by atoms with E-state index in [2.05, 4.69) is 6.58 Å². The minimum Gasteiger partial charge on any atom is -0.465 e. The summed E-state index contributed by atoms with van der Waals surface area (Å²) in [6, 6.07) is 14.2. The topological polar surface area (TPSA) is 26.3 Å². The van der Waals surface area contributed by atoms with Gasteiger partial charge in [0.1, 0.15) is 5.82 Å². The molecule has 0 bridgehead atoms. The molecule has 0 amide bonds. The largest absolute Gasteiger partial charge is 0.465 e. The van der Waals surface area contributed by atoms with Gasteiger partial charge in [-0.3, -0.25) is 4.79 Å². The Morgan fingerprint density at radius 1 is 1.26 bits per heavy atom. The fourth-order valence-electron chi connectivity index (χ4n) is 2.31. The van der Waals surface area contributed by atoms with Crippen LogP contribution >= 0.6 is 0 Å². The smallest absolute Gasteiger partial charge is 0.313 e. The molecule has 2 nitrogen and oxygen atoms in total. The van der Waals surface area contributed by atoms with Gasteiger partial charge in [0.2, 0.25) is 0 Å². The van der Waals surface area contributed by atoms with Crippen LogP contribution in [-0.4, -0.2) is 12.6 Å². The summed E-state index contributed by atoms with van der Waals surface area (Å²) in [5.41, 5.74) is 1.97. The van der Waals surface area contributed by atoms with E-state index in [0.717, 1.165) is 18.4 Å². The molecule has 3 heteroatoms. The highest BCUT2D eigenvalue weighted by Gasteiger charge is 2.18. The molecule has 1 unspecified atom stereocenters. The molecule has 120 valence electrons. The number of carbonyl (C=O) groups is 1. The number of ether oxygens (including phenoxy) is 1. The number of rotatable bonds is 7. The van der Waals surface area contributed by atoms with E-state index < -0.39 is 5.92 Å². The number of allylic oxidation sites excluding steroid dienone is 1. The maximum atomic E-state index is 14.3. The van der Waals surface area contributed by atoms with Gasteiger partial charge in [0, 0.05) is 5.56 Å². The van der Waals surface area contributed by atoms with Gasteiger partial charge in [-0.1, -0.05) is 48.5 Å². The summed E-state index contributed by atoms with van der Waals surface area (Å²) < 4.78 is 19.6. The van der Waals surface area contributed by atoms with Crippen molar-refractivity contribution in [3.8, 4) is 11.1 Å². The zero-order valence-electron chi connectivity index (χ0n) is 13.3. The molecule has 0 saturated carbocycles. The molecule has 0 aromatic heterocycles. The molecule has 0 heterocycles. The summed E-state index contributed by atoms with van der Waals surface area (Å²) in [4.78, 5) is 12.0. The Morgan fingerprint density at radius 3 is 2.65 bits per heavy atom. The summed E-state index contributed by atoms with van der Waals surface area (Å²) in [5.74, 6) is -1.15. The number of unbranched alkanes of at least 4 members (excludes halogenated alkanes) is 1. The highest BCUT2D eigenvalue weighted by Crippen LogP contribution is 2.26. The third kappa shape index (κ3) is 4.52. The molecule has 0 aliphatic carbocycles. The quantitative estimate of drug-likeness (QED) is 0.403. The molecule has 0 spiro atoms. The fraction of sp³-hybridized carbons (Fsp3) is 0.250. The number of halogens is 1. The summed E-state index contributed by atoms with van der Waals surface area (Å²) in [6.07, 6.45) is 3.35. The van der Waals surface area contributed by atoms with Gasteiger partial charge in [0.25, 0.3) is 0 Å². The first-order chi connectivity index (χ1) is 11.1. The maximum Gasteiger partial charge on any atom is 0.313 e. The van der Waals surface area contributed by atoms with E-state index in [0.29, 0.717) is 17.7 Å². The highest BCUT2D eigenvalue weighted by molar-refractivity contribution is 5.78. The average Bonchev–Trinajstić information content (AvgIpc) is 2.58. The van der Waals surface area contributed by atoms with Crippen molar-refractivity contribution in [3.63, 3.8) is 0 Å². The lowest BCUT2D eigenvalue weighted by Crippen LogP contribution is -2.14. The number of hydrogen-bond donors (Lipinski definition) is 0. The van der Waals surface area contributed by atoms with Crippen molar-refractivity contribution < 1.29 is 13.9 Å². The molecule has 0 fully saturated rings.